The fourth-order valence-corrected chi connectivity index (χ4v) is 5.39. The monoisotopic (exact) mass is 447 g/mol. The lowest BCUT2D eigenvalue weighted by Crippen LogP contribution is -2.67. The standard InChI is InChI=1S/C21H23F2N5O2S/c1-11-5-6-28(27-11)13-3-4-15(17(29)9-13)19-25-26-20(31-19)30-14-7-12-8-16(22)18(23)21(2,10-14)24-12/h3-6,9,12,14,16,18,24,29H,7-8,10H2,1-2H3. The molecule has 0 radical (unpaired) electrons. The quantitative estimate of drug-likeness (QED) is 0.634. The van der Waals surface area contributed by atoms with Crippen LogP contribution in [0.1, 0.15) is 31.9 Å². The number of hydrogen-bond acceptors (Lipinski definition) is 7. The van der Waals surface area contributed by atoms with Crippen LogP contribution in [0.2, 0.25) is 0 Å². The molecule has 31 heavy (non-hydrogen) atoms. The summed E-state index contributed by atoms with van der Waals surface area (Å²) in [5.41, 5.74) is 1.21. The number of aromatic nitrogens is 4. The third kappa shape index (κ3) is 3.78. The van der Waals surface area contributed by atoms with Gasteiger partial charge >= 0.3 is 0 Å². The van der Waals surface area contributed by atoms with E-state index in [2.05, 4.69) is 20.6 Å². The van der Waals surface area contributed by atoms with Gasteiger partial charge < -0.3 is 15.2 Å². The summed E-state index contributed by atoms with van der Waals surface area (Å²) in [6, 6.07) is 6.98. The van der Waals surface area contributed by atoms with E-state index >= 15 is 0 Å². The number of aromatic hydroxyl groups is 1. The molecule has 4 heterocycles. The van der Waals surface area contributed by atoms with Gasteiger partial charge in [-0.3, -0.25) is 0 Å². The Bertz CT molecular complexity index is 1110. The van der Waals surface area contributed by atoms with Crippen molar-refractivity contribution < 1.29 is 18.6 Å². The maximum Gasteiger partial charge on any atom is 0.294 e. The first-order valence-corrected chi connectivity index (χ1v) is 11.0. The molecule has 7 nitrogen and oxygen atoms in total. The van der Waals surface area contributed by atoms with Gasteiger partial charge in [0, 0.05) is 24.7 Å². The number of ether oxygens (including phenoxy) is 1. The van der Waals surface area contributed by atoms with Crippen LogP contribution in [0.5, 0.6) is 10.9 Å². The van der Waals surface area contributed by atoms with Crippen LogP contribution in [0, 0.1) is 6.92 Å². The number of piperidine rings is 2. The van der Waals surface area contributed by atoms with E-state index in [1.165, 1.54) is 11.3 Å². The molecular weight excluding hydrogens is 424 g/mol. The smallest absolute Gasteiger partial charge is 0.294 e. The Balaban J connectivity index is 1.32. The number of nitrogens with zero attached hydrogens (tertiary/aromatic N) is 4. The molecule has 5 unspecified atom stereocenters. The highest BCUT2D eigenvalue weighted by atomic mass is 32.1. The van der Waals surface area contributed by atoms with Crippen molar-refractivity contribution in [2.75, 3.05) is 0 Å². The summed E-state index contributed by atoms with van der Waals surface area (Å²) in [5, 5.41) is 27.2. The molecule has 5 atom stereocenters. The molecule has 3 aromatic rings. The predicted octanol–water partition coefficient (Wildman–Crippen LogP) is 3.74. The van der Waals surface area contributed by atoms with E-state index in [1.54, 1.807) is 23.7 Å². The molecular formula is C21H23F2N5O2S. The van der Waals surface area contributed by atoms with Crippen molar-refractivity contribution in [2.45, 2.75) is 63.1 Å². The van der Waals surface area contributed by atoms with Gasteiger partial charge in [0.1, 0.15) is 24.2 Å². The second kappa shape index (κ2) is 7.52. The number of benzene rings is 1. The number of aryl methyl sites for hydroxylation is 1. The third-order valence-electron chi connectivity index (χ3n) is 6.04. The number of nitrogens with one attached hydrogen (secondary N) is 1. The van der Waals surface area contributed by atoms with E-state index in [0.717, 1.165) is 11.4 Å². The topological polar surface area (TPSA) is 85.1 Å². The summed E-state index contributed by atoms with van der Waals surface area (Å²) < 4.78 is 36.1. The Kier molecular flexibility index (Phi) is 4.93. The van der Waals surface area contributed by atoms with Gasteiger partial charge in [0.05, 0.1) is 22.5 Å². The zero-order chi connectivity index (χ0) is 21.8. The predicted molar refractivity (Wildman–Crippen MR) is 112 cm³/mol. The van der Waals surface area contributed by atoms with E-state index < -0.39 is 17.9 Å². The summed E-state index contributed by atoms with van der Waals surface area (Å²) >= 11 is 1.21. The highest BCUT2D eigenvalue weighted by molar-refractivity contribution is 7.16. The molecule has 0 spiro atoms. The van der Waals surface area contributed by atoms with Gasteiger partial charge in [-0.05, 0) is 44.9 Å². The maximum atomic E-state index is 14.4. The van der Waals surface area contributed by atoms with Crippen LogP contribution in [0.15, 0.2) is 30.5 Å². The second-order valence-electron chi connectivity index (χ2n) is 8.57. The highest BCUT2D eigenvalue weighted by Gasteiger charge is 2.51. The zero-order valence-corrected chi connectivity index (χ0v) is 17.9. The second-order valence-corrected chi connectivity index (χ2v) is 9.51. The number of phenols is 1. The van der Waals surface area contributed by atoms with Gasteiger partial charge in [-0.15, -0.1) is 5.10 Å². The molecule has 2 aliphatic heterocycles. The van der Waals surface area contributed by atoms with Crippen molar-refractivity contribution in [2.24, 2.45) is 0 Å². The van der Waals surface area contributed by atoms with Crippen LogP contribution in [-0.2, 0) is 0 Å². The lowest BCUT2D eigenvalue weighted by molar-refractivity contribution is -0.0414. The van der Waals surface area contributed by atoms with E-state index in [9.17, 15) is 13.9 Å². The van der Waals surface area contributed by atoms with Gasteiger partial charge in [-0.1, -0.05) is 16.4 Å². The molecule has 2 fully saturated rings. The van der Waals surface area contributed by atoms with Gasteiger partial charge in [0.25, 0.3) is 5.19 Å². The minimum absolute atomic E-state index is 0.0616. The third-order valence-corrected chi connectivity index (χ3v) is 6.89. The van der Waals surface area contributed by atoms with Crippen molar-refractivity contribution in [3.63, 3.8) is 0 Å². The van der Waals surface area contributed by atoms with E-state index in [0.29, 0.717) is 28.6 Å². The van der Waals surface area contributed by atoms with Crippen LogP contribution in [0.3, 0.4) is 0 Å². The fraction of sp³-hybridized carbons (Fsp3) is 0.476. The Morgan fingerprint density at radius 1 is 1.26 bits per heavy atom. The Morgan fingerprint density at radius 2 is 2.10 bits per heavy atom. The van der Waals surface area contributed by atoms with Crippen molar-refractivity contribution in [1.82, 2.24) is 25.3 Å². The summed E-state index contributed by atoms with van der Waals surface area (Å²) in [6.45, 7) is 3.60. The van der Waals surface area contributed by atoms with Crippen LogP contribution >= 0.6 is 11.3 Å². The highest BCUT2D eigenvalue weighted by Crippen LogP contribution is 2.40. The first-order valence-electron chi connectivity index (χ1n) is 10.2. The van der Waals surface area contributed by atoms with Crippen LogP contribution < -0.4 is 10.1 Å². The number of hydrogen-bond donors (Lipinski definition) is 2. The SMILES string of the molecule is Cc1ccn(-c2ccc(-c3nnc(OC4CC5CC(F)C(F)C(C)(C4)N5)s3)c(O)c2)n1. The summed E-state index contributed by atoms with van der Waals surface area (Å²) in [6.07, 6.45) is -0.376. The molecule has 2 saturated heterocycles. The number of phenolic OH excluding ortho intramolecular Hbond substituents is 1. The first kappa shape index (κ1) is 20.3. The normalized spacial score (nSPS) is 30.3. The van der Waals surface area contributed by atoms with Gasteiger partial charge in [0.15, 0.2) is 5.01 Å². The van der Waals surface area contributed by atoms with Crippen molar-refractivity contribution in [3.05, 3.63) is 36.2 Å². The van der Waals surface area contributed by atoms with Gasteiger partial charge in [-0.25, -0.2) is 13.5 Å². The van der Waals surface area contributed by atoms with Crippen molar-refractivity contribution in [1.29, 1.82) is 0 Å². The number of alkyl halides is 2. The Morgan fingerprint density at radius 3 is 2.84 bits per heavy atom. The molecule has 164 valence electrons. The first-order chi connectivity index (χ1) is 14.8. The minimum Gasteiger partial charge on any atom is -0.507 e. The average molecular weight is 448 g/mol. The maximum absolute atomic E-state index is 14.4. The van der Waals surface area contributed by atoms with E-state index in [1.807, 2.05) is 25.3 Å². The zero-order valence-electron chi connectivity index (χ0n) is 17.1. The minimum atomic E-state index is -1.56. The van der Waals surface area contributed by atoms with Crippen molar-refractivity contribution >= 4 is 11.3 Å². The molecule has 2 N–H and O–H groups in total. The summed E-state index contributed by atoms with van der Waals surface area (Å²) in [5.74, 6) is 0.0616. The van der Waals surface area contributed by atoms with Gasteiger partial charge in [0.2, 0.25) is 0 Å². The van der Waals surface area contributed by atoms with Crippen LogP contribution in [0.25, 0.3) is 16.3 Å². The van der Waals surface area contributed by atoms with Crippen LogP contribution in [-0.4, -0.2) is 55.1 Å². The molecule has 1 aromatic carbocycles. The van der Waals surface area contributed by atoms with E-state index in [-0.39, 0.29) is 24.3 Å². The lowest BCUT2D eigenvalue weighted by Gasteiger charge is -2.49. The number of rotatable bonds is 4. The molecule has 5 rings (SSSR count). The fourth-order valence-electron chi connectivity index (χ4n) is 4.60. The molecule has 10 heteroatoms. The van der Waals surface area contributed by atoms with Crippen molar-refractivity contribution in [3.8, 4) is 27.2 Å². The molecule has 2 aliphatic rings. The van der Waals surface area contributed by atoms with E-state index in [4.69, 9.17) is 4.74 Å². The summed E-state index contributed by atoms with van der Waals surface area (Å²) in [4.78, 5) is 0. The molecule has 0 aliphatic carbocycles. The number of halogens is 2. The van der Waals surface area contributed by atoms with Gasteiger partial charge in [-0.2, -0.15) is 5.10 Å². The summed E-state index contributed by atoms with van der Waals surface area (Å²) in [7, 11) is 0. The molecule has 0 amide bonds. The lowest BCUT2D eigenvalue weighted by atomic mass is 9.74. The molecule has 2 bridgehead atoms. The molecule has 2 aromatic heterocycles. The Labute approximate surface area is 182 Å². The number of fused-ring (bicyclic) bond motifs is 2. The Hall–Kier alpha value is -2.59. The van der Waals surface area contributed by atoms with Crippen LogP contribution in [0.4, 0.5) is 8.78 Å². The average Bonchev–Trinajstić information content (AvgIpc) is 3.35. The molecule has 0 saturated carbocycles. The largest absolute Gasteiger partial charge is 0.507 e.